The highest BCUT2D eigenvalue weighted by Crippen LogP contribution is 2.33. The first-order chi connectivity index (χ1) is 8.25. The molecule has 0 bridgehead atoms. The molecule has 0 radical (unpaired) electrons. The van der Waals surface area contributed by atoms with Crippen molar-refractivity contribution in [3.8, 4) is 11.5 Å². The van der Waals surface area contributed by atoms with Gasteiger partial charge in [0, 0.05) is 0 Å². The van der Waals surface area contributed by atoms with Crippen molar-refractivity contribution < 1.29 is 22.6 Å². The van der Waals surface area contributed by atoms with Crippen LogP contribution in [0.5, 0.6) is 11.5 Å². The van der Waals surface area contributed by atoms with E-state index >= 15 is 0 Å². The van der Waals surface area contributed by atoms with Crippen molar-refractivity contribution in [2.45, 2.75) is 39.0 Å². The van der Waals surface area contributed by atoms with E-state index in [1.807, 2.05) is 13.8 Å². The maximum Gasteiger partial charge on any atom is 0.425 e. The van der Waals surface area contributed by atoms with Crippen molar-refractivity contribution in [1.82, 2.24) is 0 Å². The lowest BCUT2D eigenvalue weighted by atomic mass is 10.0. The van der Waals surface area contributed by atoms with Crippen LogP contribution in [-0.4, -0.2) is 19.4 Å². The van der Waals surface area contributed by atoms with E-state index in [2.05, 4.69) is 0 Å². The van der Waals surface area contributed by atoms with E-state index in [0.29, 0.717) is 5.75 Å². The van der Waals surface area contributed by atoms with Gasteiger partial charge in [-0.2, -0.15) is 13.2 Å². The molecule has 0 N–H and O–H groups in total. The average Bonchev–Trinajstić information content (AvgIpc) is 2.27. The van der Waals surface area contributed by atoms with Crippen LogP contribution in [0.1, 0.15) is 32.3 Å². The Bertz CT molecular complexity index is 400. The molecule has 0 aliphatic heterocycles. The molecule has 1 atom stereocenters. The number of hydrogen-bond acceptors (Lipinski definition) is 2. The molecule has 102 valence electrons. The van der Waals surface area contributed by atoms with Gasteiger partial charge in [-0.15, -0.1) is 0 Å². The zero-order valence-electron chi connectivity index (χ0n) is 10.8. The second kappa shape index (κ2) is 5.50. The summed E-state index contributed by atoms with van der Waals surface area (Å²) in [7, 11) is 1.41. The molecule has 0 spiro atoms. The van der Waals surface area contributed by atoms with E-state index in [-0.39, 0.29) is 11.7 Å². The Balaban J connectivity index is 2.96. The fourth-order valence-electron chi connectivity index (χ4n) is 1.40. The molecule has 0 aromatic heterocycles. The van der Waals surface area contributed by atoms with Gasteiger partial charge in [0.25, 0.3) is 0 Å². The summed E-state index contributed by atoms with van der Waals surface area (Å²) in [6.45, 7) is 4.96. The minimum atomic E-state index is -4.39. The van der Waals surface area contributed by atoms with Crippen LogP contribution in [-0.2, 0) is 0 Å². The highest BCUT2D eigenvalue weighted by molar-refractivity contribution is 5.43. The van der Waals surface area contributed by atoms with Crippen molar-refractivity contribution in [2.24, 2.45) is 0 Å². The van der Waals surface area contributed by atoms with Gasteiger partial charge in [0.15, 0.2) is 17.6 Å². The summed E-state index contributed by atoms with van der Waals surface area (Å²) in [6.07, 6.45) is -6.25. The lowest BCUT2D eigenvalue weighted by molar-refractivity contribution is -0.189. The molecule has 0 aliphatic carbocycles. The lowest BCUT2D eigenvalue weighted by Gasteiger charge is -2.20. The number of methoxy groups -OCH3 is 1. The molecule has 2 nitrogen and oxygen atoms in total. The number of alkyl halides is 3. The molecule has 0 amide bonds. The fourth-order valence-corrected chi connectivity index (χ4v) is 1.40. The predicted molar refractivity (Wildman–Crippen MR) is 63.2 cm³/mol. The molecule has 1 unspecified atom stereocenters. The van der Waals surface area contributed by atoms with Gasteiger partial charge in [-0.25, -0.2) is 0 Å². The van der Waals surface area contributed by atoms with Gasteiger partial charge in [0.05, 0.1) is 7.11 Å². The maximum atomic E-state index is 12.4. The van der Waals surface area contributed by atoms with Crippen molar-refractivity contribution >= 4 is 0 Å². The molecule has 0 saturated carbocycles. The van der Waals surface area contributed by atoms with Crippen LogP contribution in [0, 0.1) is 0 Å². The minimum Gasteiger partial charge on any atom is -0.493 e. The Kier molecular flexibility index (Phi) is 4.48. The zero-order valence-corrected chi connectivity index (χ0v) is 10.8. The van der Waals surface area contributed by atoms with Crippen molar-refractivity contribution in [3.05, 3.63) is 23.8 Å². The maximum absolute atomic E-state index is 12.4. The molecule has 18 heavy (non-hydrogen) atoms. The van der Waals surface area contributed by atoms with Crippen molar-refractivity contribution in [1.29, 1.82) is 0 Å². The lowest BCUT2D eigenvalue weighted by Crippen LogP contribution is -2.31. The van der Waals surface area contributed by atoms with Crippen LogP contribution >= 0.6 is 0 Å². The monoisotopic (exact) mass is 262 g/mol. The summed E-state index contributed by atoms with van der Waals surface area (Å²) >= 11 is 0. The van der Waals surface area contributed by atoms with Gasteiger partial charge in [0.2, 0.25) is 0 Å². The molecule has 0 saturated heterocycles. The van der Waals surface area contributed by atoms with Crippen LogP contribution < -0.4 is 9.47 Å². The third-order valence-corrected chi connectivity index (χ3v) is 2.62. The predicted octanol–water partition coefficient (Wildman–Crippen LogP) is 4.15. The van der Waals surface area contributed by atoms with Gasteiger partial charge in [-0.3, -0.25) is 0 Å². The molecule has 0 heterocycles. The molecule has 0 fully saturated rings. The molecule has 0 aliphatic rings. The molecule has 5 heteroatoms. The number of ether oxygens (including phenoxy) is 2. The van der Waals surface area contributed by atoms with Gasteiger partial charge < -0.3 is 9.47 Å². The summed E-state index contributed by atoms with van der Waals surface area (Å²) in [5.74, 6) is 0.692. The van der Waals surface area contributed by atoms with E-state index in [9.17, 15) is 13.2 Å². The normalized spacial score (nSPS) is 13.6. The highest BCUT2D eigenvalue weighted by atomic mass is 19.4. The standard InChI is InChI=1S/C13H17F3O2/c1-8(2)10-5-6-11(12(7-10)17-4)18-9(3)13(14,15)16/h5-9H,1-4H3. The van der Waals surface area contributed by atoms with E-state index in [0.717, 1.165) is 12.5 Å². The Morgan fingerprint density at radius 2 is 1.67 bits per heavy atom. The van der Waals surface area contributed by atoms with Crippen LogP contribution in [0.4, 0.5) is 13.2 Å². The Hall–Kier alpha value is -1.39. The largest absolute Gasteiger partial charge is 0.493 e. The Morgan fingerprint density at radius 1 is 1.06 bits per heavy atom. The first kappa shape index (κ1) is 14.7. The van der Waals surface area contributed by atoms with Crippen LogP contribution in [0.2, 0.25) is 0 Å². The summed E-state index contributed by atoms with van der Waals surface area (Å²) in [4.78, 5) is 0. The highest BCUT2D eigenvalue weighted by Gasteiger charge is 2.38. The third kappa shape index (κ3) is 3.55. The van der Waals surface area contributed by atoms with Gasteiger partial charge in [-0.1, -0.05) is 19.9 Å². The molecular weight excluding hydrogens is 245 g/mol. The Labute approximate surface area is 105 Å². The number of hydrogen-bond donors (Lipinski definition) is 0. The van der Waals surface area contributed by atoms with E-state index in [4.69, 9.17) is 9.47 Å². The number of benzene rings is 1. The van der Waals surface area contributed by atoms with E-state index < -0.39 is 12.3 Å². The zero-order chi connectivity index (χ0) is 13.9. The summed E-state index contributed by atoms with van der Waals surface area (Å²) < 4.78 is 47.2. The van der Waals surface area contributed by atoms with Crippen molar-refractivity contribution in [3.63, 3.8) is 0 Å². The van der Waals surface area contributed by atoms with Crippen LogP contribution in [0.25, 0.3) is 0 Å². The van der Waals surface area contributed by atoms with Gasteiger partial charge >= 0.3 is 6.18 Å². The summed E-state index contributed by atoms with van der Waals surface area (Å²) in [5, 5.41) is 0. The number of halogens is 3. The second-order valence-corrected chi connectivity index (χ2v) is 4.37. The first-order valence-electron chi connectivity index (χ1n) is 5.67. The smallest absolute Gasteiger partial charge is 0.425 e. The summed E-state index contributed by atoms with van der Waals surface area (Å²) in [6, 6.07) is 4.95. The third-order valence-electron chi connectivity index (χ3n) is 2.62. The summed E-state index contributed by atoms with van der Waals surface area (Å²) in [5.41, 5.74) is 0.985. The molecule has 1 aromatic rings. The van der Waals surface area contributed by atoms with Crippen molar-refractivity contribution in [2.75, 3.05) is 7.11 Å². The second-order valence-electron chi connectivity index (χ2n) is 4.37. The fraction of sp³-hybridized carbons (Fsp3) is 0.538. The number of rotatable bonds is 4. The minimum absolute atomic E-state index is 0.103. The van der Waals surface area contributed by atoms with Crippen LogP contribution in [0.15, 0.2) is 18.2 Å². The van der Waals surface area contributed by atoms with Crippen LogP contribution in [0.3, 0.4) is 0 Å². The van der Waals surface area contributed by atoms with Gasteiger partial charge in [-0.05, 0) is 30.5 Å². The van der Waals surface area contributed by atoms with E-state index in [1.165, 1.54) is 13.2 Å². The topological polar surface area (TPSA) is 18.5 Å². The SMILES string of the molecule is COc1cc(C(C)C)ccc1OC(C)C(F)(F)F. The average molecular weight is 262 g/mol. The quantitative estimate of drug-likeness (QED) is 0.811. The van der Waals surface area contributed by atoms with E-state index in [1.54, 1.807) is 12.1 Å². The molecule has 1 aromatic carbocycles. The molecule has 1 rings (SSSR count). The Morgan fingerprint density at radius 3 is 2.11 bits per heavy atom. The van der Waals surface area contributed by atoms with Gasteiger partial charge in [0.1, 0.15) is 0 Å². The molecular formula is C13H17F3O2. The first-order valence-corrected chi connectivity index (χ1v) is 5.67.